The number of aromatic nitrogens is 1. The van der Waals surface area contributed by atoms with Gasteiger partial charge < -0.3 is 38.8 Å². The second kappa shape index (κ2) is 19.3. The van der Waals surface area contributed by atoms with Gasteiger partial charge in [0.2, 0.25) is 5.91 Å². The summed E-state index contributed by atoms with van der Waals surface area (Å²) in [4.78, 5) is 56.9. The van der Waals surface area contributed by atoms with Crippen LogP contribution in [-0.4, -0.2) is 131 Å². The number of pyridine rings is 1. The number of aliphatic imine (C=N–C) groups is 2. The number of Topliss-reactive ketones (excluding diaryl/α,β-unsaturated/α-hetero) is 1. The number of hydrogen-bond acceptors (Lipinski definition) is 13. The van der Waals surface area contributed by atoms with Gasteiger partial charge in [-0.05, 0) is 84.7 Å². The molecule has 5 unspecified atom stereocenters. The lowest BCUT2D eigenvalue weighted by molar-refractivity contribution is -0.296. The normalized spacial score (nSPS) is 38.3. The van der Waals surface area contributed by atoms with E-state index < -0.39 is 83.2 Å². The van der Waals surface area contributed by atoms with Gasteiger partial charge in [0, 0.05) is 60.1 Å². The first kappa shape index (κ1) is 46.3. The van der Waals surface area contributed by atoms with Crippen molar-refractivity contribution in [3.63, 3.8) is 0 Å². The molecular formula is C45H64N4O10. The Balaban J connectivity index is 1.70. The number of ether oxygens (including phenoxy) is 5. The molecule has 1 amide bonds. The number of esters is 1. The van der Waals surface area contributed by atoms with Crippen LogP contribution in [0.25, 0.3) is 10.9 Å². The zero-order chi connectivity index (χ0) is 43.4. The number of amides is 1. The van der Waals surface area contributed by atoms with Crippen molar-refractivity contribution < 1.29 is 48.3 Å². The Labute approximate surface area is 348 Å². The van der Waals surface area contributed by atoms with Crippen molar-refractivity contribution in [2.45, 2.75) is 136 Å². The van der Waals surface area contributed by atoms with Gasteiger partial charge in [-0.3, -0.25) is 24.4 Å². The molecule has 0 aliphatic carbocycles. The van der Waals surface area contributed by atoms with Crippen LogP contribution in [0.15, 0.2) is 58.3 Å². The summed E-state index contributed by atoms with van der Waals surface area (Å²) in [5.41, 5.74) is -0.520. The summed E-state index contributed by atoms with van der Waals surface area (Å²) in [5, 5.41) is 25.1. The predicted octanol–water partition coefficient (Wildman–Crippen LogP) is 5.10. The maximum Gasteiger partial charge on any atom is 0.316 e. The molecule has 3 aliphatic heterocycles. The molecule has 4 heterocycles. The van der Waals surface area contributed by atoms with E-state index in [2.05, 4.69) is 15.0 Å². The smallest absolute Gasteiger partial charge is 0.316 e. The van der Waals surface area contributed by atoms with Crippen molar-refractivity contribution in [3.05, 3.63) is 53.9 Å². The van der Waals surface area contributed by atoms with Crippen LogP contribution in [0.1, 0.15) is 87.1 Å². The van der Waals surface area contributed by atoms with Crippen molar-refractivity contribution in [1.82, 2.24) is 9.88 Å². The van der Waals surface area contributed by atoms with Crippen molar-refractivity contribution >= 4 is 40.5 Å². The van der Waals surface area contributed by atoms with E-state index in [1.54, 1.807) is 39.4 Å². The molecule has 0 spiro atoms. The number of para-hydroxylation sites is 1. The van der Waals surface area contributed by atoms with Crippen LogP contribution in [0.2, 0.25) is 0 Å². The van der Waals surface area contributed by atoms with Crippen LogP contribution in [0, 0.1) is 23.7 Å². The number of aliphatic hydroxyl groups excluding tert-OH is 1. The molecule has 2 N–H and O–H groups in total. The molecule has 14 nitrogen and oxygen atoms in total. The SMILES string of the molecule is CC[C@@H]1OC(=O)[C@H](C)C(=O)[C@H](C)C(O[C@@H]2O[C@H](C)C[C@H](N(C)C)C2O)[C@@]2(C)CC(C)C(=NC(C)=O)C(C)C(OC/C(=C/N=Cc3cnc4ccccc4c3)CO2)[C@]1(C)O. The van der Waals surface area contributed by atoms with E-state index >= 15 is 0 Å². The fourth-order valence-electron chi connectivity index (χ4n) is 9.04. The Hall–Kier alpha value is -3.76. The minimum absolute atomic E-state index is 0.0489. The third kappa shape index (κ3) is 10.6. The predicted molar refractivity (Wildman–Crippen MR) is 224 cm³/mol. The fourth-order valence-corrected chi connectivity index (χ4v) is 9.04. The van der Waals surface area contributed by atoms with Crippen LogP contribution in [0.3, 0.4) is 0 Å². The lowest BCUT2D eigenvalue weighted by Gasteiger charge is -2.47. The highest BCUT2D eigenvalue weighted by molar-refractivity contribution is 6.00. The quantitative estimate of drug-likeness (QED) is 0.224. The van der Waals surface area contributed by atoms with Crippen LogP contribution >= 0.6 is 0 Å². The number of benzene rings is 1. The molecule has 3 aliphatic rings. The monoisotopic (exact) mass is 820 g/mol. The van der Waals surface area contributed by atoms with Crippen molar-refractivity contribution in [3.8, 4) is 0 Å². The molecule has 324 valence electrons. The summed E-state index contributed by atoms with van der Waals surface area (Å²) in [6, 6.07) is 9.46. The zero-order valence-electron chi connectivity index (χ0n) is 36.5. The number of hydrogen-bond donors (Lipinski definition) is 2. The van der Waals surface area contributed by atoms with E-state index in [0.29, 0.717) is 17.7 Å². The average molecular weight is 821 g/mol. The number of nitrogens with zero attached hydrogens (tertiary/aromatic N) is 4. The van der Waals surface area contributed by atoms with Gasteiger partial charge in [-0.1, -0.05) is 45.9 Å². The molecule has 1 aromatic heterocycles. The first-order valence-electron chi connectivity index (χ1n) is 20.8. The number of cyclic esters (lactones) is 1. The van der Waals surface area contributed by atoms with Gasteiger partial charge in [-0.15, -0.1) is 0 Å². The van der Waals surface area contributed by atoms with E-state index in [-0.39, 0.29) is 38.2 Å². The van der Waals surface area contributed by atoms with E-state index in [1.165, 1.54) is 13.8 Å². The minimum Gasteiger partial charge on any atom is -0.459 e. The Bertz CT molecular complexity index is 1910. The van der Waals surface area contributed by atoms with Crippen LogP contribution in [-0.2, 0) is 38.1 Å². The number of carbonyl (C=O) groups is 3. The third-order valence-electron chi connectivity index (χ3n) is 12.3. The first-order valence-corrected chi connectivity index (χ1v) is 20.8. The van der Waals surface area contributed by atoms with Gasteiger partial charge in [0.05, 0.1) is 42.6 Å². The zero-order valence-corrected chi connectivity index (χ0v) is 36.5. The summed E-state index contributed by atoms with van der Waals surface area (Å²) in [6.07, 6.45) is 0.161. The molecule has 0 radical (unpaired) electrons. The highest BCUT2D eigenvalue weighted by Crippen LogP contribution is 2.40. The summed E-state index contributed by atoms with van der Waals surface area (Å²) >= 11 is 0. The van der Waals surface area contributed by atoms with E-state index in [1.807, 2.05) is 77.0 Å². The first-order chi connectivity index (χ1) is 27.8. The molecule has 3 saturated heterocycles. The van der Waals surface area contributed by atoms with Crippen molar-refractivity contribution in [2.24, 2.45) is 33.7 Å². The highest BCUT2D eigenvalue weighted by Gasteiger charge is 2.53. The largest absolute Gasteiger partial charge is 0.459 e. The molecule has 2 aromatic rings. The number of carbonyl (C=O) groups excluding carboxylic acids is 3. The number of fused-ring (bicyclic) bond motifs is 6. The Morgan fingerprint density at radius 2 is 1.80 bits per heavy atom. The Kier molecular flexibility index (Phi) is 15.2. The van der Waals surface area contributed by atoms with Gasteiger partial charge in [0.1, 0.15) is 23.7 Å². The maximum atomic E-state index is 14.5. The summed E-state index contributed by atoms with van der Waals surface area (Å²) in [7, 11) is 3.75. The summed E-state index contributed by atoms with van der Waals surface area (Å²) < 4.78 is 32.7. The third-order valence-corrected chi connectivity index (χ3v) is 12.3. The molecule has 13 atom stereocenters. The standard InChI is InChI=1S/C45H64N4O10/c1-12-36-45(9,54)41-27(4)37(48-30(7)50)25(2)19-44(8,56-24-32(23-55-41)21-46-20-31-18-33-15-13-14-16-34(33)47-22-31)40(28(5)38(51)29(6)42(53)58-36)59-43-39(52)35(49(10)11)17-26(3)57-43/h13-16,18,20-22,25-29,35-36,39-41,43,52,54H,12,17,19,23-24H2,1-11H3/b32-21-,46-20?,48-37?/t25?,26-,27?,28+,29-,35+,36+,39?,40?,41?,43+,44-,45-/m1/s1. The number of ketones is 1. The second-order valence-electron chi connectivity index (χ2n) is 17.4. The van der Waals surface area contributed by atoms with Gasteiger partial charge in [-0.2, -0.15) is 0 Å². The number of rotatable bonds is 6. The highest BCUT2D eigenvalue weighted by atomic mass is 16.7. The van der Waals surface area contributed by atoms with Crippen LogP contribution in [0.5, 0.6) is 0 Å². The lowest BCUT2D eigenvalue weighted by atomic mass is 9.73. The average Bonchev–Trinajstić information content (AvgIpc) is 3.20. The molecule has 14 heteroatoms. The van der Waals surface area contributed by atoms with Crippen LogP contribution in [0.4, 0.5) is 0 Å². The summed E-state index contributed by atoms with van der Waals surface area (Å²) in [5.74, 6) is -5.16. The summed E-state index contributed by atoms with van der Waals surface area (Å²) in [6.45, 7) is 15.2. The molecule has 2 bridgehead atoms. The fraction of sp³-hybridized carbons (Fsp3) is 0.644. The van der Waals surface area contributed by atoms with Crippen molar-refractivity contribution in [1.29, 1.82) is 0 Å². The molecule has 5 rings (SSSR count). The molecule has 0 saturated carbocycles. The molecule has 3 fully saturated rings. The molecular weight excluding hydrogens is 757 g/mol. The second-order valence-corrected chi connectivity index (χ2v) is 17.4. The lowest BCUT2D eigenvalue weighted by Crippen LogP contribution is -2.60. The Morgan fingerprint density at radius 1 is 1.08 bits per heavy atom. The minimum atomic E-state index is -1.82. The van der Waals surface area contributed by atoms with Crippen molar-refractivity contribution in [2.75, 3.05) is 27.3 Å². The van der Waals surface area contributed by atoms with Gasteiger partial charge in [-0.25, -0.2) is 4.99 Å². The van der Waals surface area contributed by atoms with Gasteiger partial charge >= 0.3 is 5.97 Å². The molecule has 59 heavy (non-hydrogen) atoms. The van der Waals surface area contributed by atoms with Gasteiger partial charge in [0.25, 0.3) is 0 Å². The number of likely N-dealkylation sites (N-methyl/N-ethyl adjacent to an activating group) is 1. The maximum absolute atomic E-state index is 14.5. The van der Waals surface area contributed by atoms with Gasteiger partial charge in [0.15, 0.2) is 12.1 Å². The van der Waals surface area contributed by atoms with E-state index in [9.17, 15) is 24.6 Å². The van der Waals surface area contributed by atoms with E-state index in [4.69, 9.17) is 23.7 Å². The molecule has 1 aromatic carbocycles. The van der Waals surface area contributed by atoms with E-state index in [0.717, 1.165) is 16.5 Å². The Morgan fingerprint density at radius 3 is 2.47 bits per heavy atom. The number of aliphatic hydroxyl groups is 2. The topological polar surface area (TPSA) is 179 Å². The van der Waals surface area contributed by atoms with Crippen LogP contribution < -0.4 is 0 Å².